The van der Waals surface area contributed by atoms with E-state index >= 15 is 0 Å². The number of thiazole rings is 1. The average molecular weight is 280 g/mol. The summed E-state index contributed by atoms with van der Waals surface area (Å²) < 4.78 is 1.48. The van der Waals surface area contributed by atoms with Gasteiger partial charge < -0.3 is 10.4 Å². The Bertz CT molecular complexity index is 619. The van der Waals surface area contributed by atoms with Crippen molar-refractivity contribution >= 4 is 23.2 Å². The van der Waals surface area contributed by atoms with E-state index in [-0.39, 0.29) is 5.69 Å². The van der Waals surface area contributed by atoms with Crippen molar-refractivity contribution < 1.29 is 14.7 Å². The molecule has 2 rings (SSSR count). The summed E-state index contributed by atoms with van der Waals surface area (Å²) in [7, 11) is 1.67. The second kappa shape index (κ2) is 5.19. The van der Waals surface area contributed by atoms with Crippen LogP contribution in [0.1, 0.15) is 27.1 Å². The van der Waals surface area contributed by atoms with Crippen molar-refractivity contribution in [2.45, 2.75) is 13.0 Å². The Labute approximate surface area is 112 Å². The largest absolute Gasteiger partial charge is 0.479 e. The zero-order valence-electron chi connectivity index (χ0n) is 10.3. The summed E-state index contributed by atoms with van der Waals surface area (Å²) in [5, 5.41) is 17.8. The van der Waals surface area contributed by atoms with E-state index in [2.05, 4.69) is 15.4 Å². The monoisotopic (exact) mass is 280 g/mol. The van der Waals surface area contributed by atoms with E-state index in [9.17, 15) is 9.59 Å². The van der Waals surface area contributed by atoms with E-state index in [0.717, 1.165) is 5.01 Å². The molecule has 0 aliphatic rings. The van der Waals surface area contributed by atoms with Crippen LogP contribution in [0.3, 0.4) is 0 Å². The minimum Gasteiger partial charge on any atom is -0.479 e. The third kappa shape index (κ3) is 2.97. The van der Waals surface area contributed by atoms with Crippen LogP contribution in [0.15, 0.2) is 17.8 Å². The van der Waals surface area contributed by atoms with E-state index in [1.54, 1.807) is 25.5 Å². The number of nitrogens with one attached hydrogen (secondary N) is 1. The maximum Gasteiger partial charge on any atom is 0.331 e. The highest BCUT2D eigenvalue weighted by Gasteiger charge is 2.24. The lowest BCUT2D eigenvalue weighted by molar-refractivity contribution is -0.139. The van der Waals surface area contributed by atoms with E-state index in [1.807, 2.05) is 0 Å². The highest BCUT2D eigenvalue weighted by molar-refractivity contribution is 7.09. The molecule has 0 aliphatic heterocycles. The highest BCUT2D eigenvalue weighted by Crippen LogP contribution is 2.14. The molecule has 0 fully saturated rings. The van der Waals surface area contributed by atoms with Gasteiger partial charge in [0.25, 0.3) is 5.91 Å². The molecule has 2 heterocycles. The molecule has 1 unspecified atom stereocenters. The van der Waals surface area contributed by atoms with Gasteiger partial charge in [0.15, 0.2) is 6.04 Å². The number of aryl methyl sites for hydroxylation is 2. The van der Waals surface area contributed by atoms with Crippen LogP contribution in [0.25, 0.3) is 0 Å². The highest BCUT2D eigenvalue weighted by atomic mass is 32.1. The van der Waals surface area contributed by atoms with Gasteiger partial charge in [-0.2, -0.15) is 5.10 Å². The number of hydrogen-bond donors (Lipinski definition) is 2. The fourth-order valence-corrected chi connectivity index (χ4v) is 2.14. The first kappa shape index (κ1) is 13.2. The van der Waals surface area contributed by atoms with Crippen LogP contribution in [0, 0.1) is 6.92 Å². The molecule has 19 heavy (non-hydrogen) atoms. The lowest BCUT2D eigenvalue weighted by Crippen LogP contribution is -2.33. The number of nitrogens with zero attached hydrogens (tertiary/aromatic N) is 3. The number of amides is 1. The minimum absolute atomic E-state index is 0.220. The maximum atomic E-state index is 11.9. The molecule has 0 saturated carbocycles. The van der Waals surface area contributed by atoms with Gasteiger partial charge in [0, 0.05) is 24.2 Å². The molecule has 0 bridgehead atoms. The molecule has 1 atom stereocenters. The van der Waals surface area contributed by atoms with Gasteiger partial charge in [0.05, 0.1) is 11.2 Å². The normalized spacial score (nSPS) is 12.1. The van der Waals surface area contributed by atoms with Crippen LogP contribution in [0.4, 0.5) is 0 Å². The maximum absolute atomic E-state index is 11.9. The summed E-state index contributed by atoms with van der Waals surface area (Å²) in [5.41, 5.74) is 0.632. The molecule has 0 aromatic carbocycles. The van der Waals surface area contributed by atoms with Gasteiger partial charge >= 0.3 is 5.97 Å². The Morgan fingerprint density at radius 2 is 2.26 bits per heavy atom. The van der Waals surface area contributed by atoms with Gasteiger partial charge in [0.2, 0.25) is 0 Å². The Kier molecular flexibility index (Phi) is 3.61. The predicted octanol–water partition coefficient (Wildman–Crippen LogP) is 0.741. The van der Waals surface area contributed by atoms with Gasteiger partial charge in [-0.3, -0.25) is 9.48 Å². The fourth-order valence-electron chi connectivity index (χ4n) is 1.55. The molecular formula is C11H12N4O3S. The van der Waals surface area contributed by atoms with Crippen molar-refractivity contribution in [1.82, 2.24) is 20.1 Å². The molecule has 2 aromatic rings. The van der Waals surface area contributed by atoms with Crippen molar-refractivity contribution in [3.63, 3.8) is 0 Å². The molecule has 2 aromatic heterocycles. The van der Waals surface area contributed by atoms with Gasteiger partial charge in [-0.15, -0.1) is 11.3 Å². The number of aromatic nitrogens is 3. The van der Waals surface area contributed by atoms with Crippen LogP contribution in [0.2, 0.25) is 0 Å². The Balaban J connectivity index is 2.18. The van der Waals surface area contributed by atoms with Crippen molar-refractivity contribution in [3.8, 4) is 0 Å². The fraction of sp³-hybridized carbons (Fsp3) is 0.273. The Morgan fingerprint density at radius 1 is 1.53 bits per heavy atom. The van der Waals surface area contributed by atoms with E-state index in [4.69, 9.17) is 5.11 Å². The van der Waals surface area contributed by atoms with Crippen LogP contribution in [-0.2, 0) is 11.8 Å². The van der Waals surface area contributed by atoms with Gasteiger partial charge in [-0.1, -0.05) is 0 Å². The quantitative estimate of drug-likeness (QED) is 0.861. The zero-order chi connectivity index (χ0) is 14.0. The summed E-state index contributed by atoms with van der Waals surface area (Å²) in [6, 6.07) is -1.14. The van der Waals surface area contributed by atoms with E-state index in [1.165, 1.54) is 22.2 Å². The smallest absolute Gasteiger partial charge is 0.331 e. The number of carboxylic acid groups (broad SMARTS) is 1. The van der Waals surface area contributed by atoms with Crippen LogP contribution in [-0.4, -0.2) is 31.7 Å². The summed E-state index contributed by atoms with van der Waals surface area (Å²) in [4.78, 5) is 27.1. The molecule has 0 saturated heterocycles. The molecule has 0 aliphatic carbocycles. The van der Waals surface area contributed by atoms with Crippen molar-refractivity contribution in [2.75, 3.05) is 0 Å². The number of carbonyl (C=O) groups excluding carboxylic acids is 1. The van der Waals surface area contributed by atoms with Gasteiger partial charge in [-0.05, 0) is 6.92 Å². The lowest BCUT2D eigenvalue weighted by Gasteiger charge is -2.11. The minimum atomic E-state index is -1.15. The molecule has 2 N–H and O–H groups in total. The third-order valence-electron chi connectivity index (χ3n) is 2.43. The Hall–Kier alpha value is -2.22. The summed E-state index contributed by atoms with van der Waals surface area (Å²) >= 11 is 1.33. The molecule has 7 nitrogen and oxygen atoms in total. The second-order valence-corrected chi connectivity index (χ2v) is 5.01. The summed E-state index contributed by atoms with van der Waals surface area (Å²) in [6.45, 7) is 1.78. The molecule has 8 heteroatoms. The van der Waals surface area contributed by atoms with Crippen LogP contribution >= 0.6 is 11.3 Å². The molecule has 0 radical (unpaired) electrons. The van der Waals surface area contributed by atoms with E-state index in [0.29, 0.717) is 5.56 Å². The first-order valence-electron chi connectivity index (χ1n) is 5.41. The topological polar surface area (TPSA) is 97.1 Å². The molecule has 1 amide bonds. The van der Waals surface area contributed by atoms with Crippen molar-refractivity contribution in [1.29, 1.82) is 0 Å². The zero-order valence-corrected chi connectivity index (χ0v) is 11.1. The molecule has 100 valence electrons. The van der Waals surface area contributed by atoms with E-state index < -0.39 is 17.9 Å². The number of rotatable bonds is 4. The number of carbonyl (C=O) groups is 2. The summed E-state index contributed by atoms with van der Waals surface area (Å²) in [6.07, 6.45) is 2.96. The lowest BCUT2D eigenvalue weighted by atomic mass is 10.1. The molecular weight excluding hydrogens is 268 g/mol. The standard InChI is InChI=1S/C11H12N4O3S/c1-6-13-8(5-19-6)10(16)14-9(11(17)18)7-3-12-15(2)4-7/h3-5,9H,1-2H3,(H,14,16)(H,17,18). The first-order valence-corrected chi connectivity index (χ1v) is 6.29. The first-order chi connectivity index (χ1) is 8.97. The second-order valence-electron chi connectivity index (χ2n) is 3.94. The third-order valence-corrected chi connectivity index (χ3v) is 3.21. The van der Waals surface area contributed by atoms with Gasteiger partial charge in [0.1, 0.15) is 5.69 Å². The Morgan fingerprint density at radius 3 is 2.74 bits per heavy atom. The van der Waals surface area contributed by atoms with Crippen molar-refractivity contribution in [3.05, 3.63) is 34.0 Å². The van der Waals surface area contributed by atoms with Crippen molar-refractivity contribution in [2.24, 2.45) is 7.05 Å². The number of carboxylic acids is 1. The molecule has 0 spiro atoms. The number of aliphatic carboxylic acids is 1. The van der Waals surface area contributed by atoms with Crippen LogP contribution in [0.5, 0.6) is 0 Å². The summed E-state index contributed by atoms with van der Waals surface area (Å²) in [5.74, 6) is -1.66. The van der Waals surface area contributed by atoms with Crippen LogP contribution < -0.4 is 5.32 Å². The average Bonchev–Trinajstić information content (AvgIpc) is 2.94. The SMILES string of the molecule is Cc1nc(C(=O)NC(C(=O)O)c2cnn(C)c2)cs1. The van der Waals surface area contributed by atoms with Gasteiger partial charge in [-0.25, -0.2) is 9.78 Å². The predicted molar refractivity (Wildman–Crippen MR) is 67.9 cm³/mol. The number of hydrogen-bond acceptors (Lipinski definition) is 5.